The van der Waals surface area contributed by atoms with Gasteiger partial charge in [0.15, 0.2) is 5.69 Å². The average molecular weight is 449 g/mol. The third kappa shape index (κ3) is 4.72. The molecule has 0 fully saturated rings. The minimum Gasteiger partial charge on any atom is -0.480 e. The number of hydrogen-bond acceptors (Lipinski definition) is 6. The SMILES string of the molecule is CCCN(CC(=O)O)C(=O)c1cc(NC(=O)OCC2c3ccccc3-c3ccccc32)on1. The Morgan fingerprint density at radius 2 is 1.73 bits per heavy atom. The molecule has 1 aliphatic carbocycles. The fourth-order valence-electron chi connectivity index (χ4n) is 4.02. The highest BCUT2D eigenvalue weighted by Crippen LogP contribution is 2.44. The number of carboxylic acids is 1. The quantitative estimate of drug-likeness (QED) is 0.533. The van der Waals surface area contributed by atoms with Gasteiger partial charge in [0.2, 0.25) is 5.88 Å². The largest absolute Gasteiger partial charge is 0.480 e. The van der Waals surface area contributed by atoms with Crippen LogP contribution >= 0.6 is 0 Å². The zero-order chi connectivity index (χ0) is 23.4. The van der Waals surface area contributed by atoms with E-state index >= 15 is 0 Å². The molecule has 9 nitrogen and oxygen atoms in total. The summed E-state index contributed by atoms with van der Waals surface area (Å²) in [4.78, 5) is 37.0. The molecule has 0 atom stereocenters. The molecule has 0 bridgehead atoms. The molecule has 0 spiro atoms. The standard InChI is InChI=1S/C24H23N3O6/c1-2-11-27(13-22(28)29)23(30)20-12-21(33-26-20)25-24(31)32-14-19-17-9-5-3-7-15(17)16-8-4-6-10-18(16)19/h3-10,12,19H,2,11,13-14H2,1H3,(H,25,31)(H,28,29). The van der Waals surface area contributed by atoms with Crippen molar-refractivity contribution >= 4 is 23.9 Å². The Morgan fingerprint density at radius 3 is 2.33 bits per heavy atom. The van der Waals surface area contributed by atoms with Crippen LogP contribution < -0.4 is 5.32 Å². The Labute approximate surface area is 189 Å². The highest BCUT2D eigenvalue weighted by molar-refractivity contribution is 5.95. The first-order valence-corrected chi connectivity index (χ1v) is 10.6. The molecule has 1 aliphatic rings. The van der Waals surface area contributed by atoms with Crippen LogP contribution in [0.1, 0.15) is 40.9 Å². The second kappa shape index (κ2) is 9.56. The summed E-state index contributed by atoms with van der Waals surface area (Å²) in [5, 5.41) is 15.1. The topological polar surface area (TPSA) is 122 Å². The lowest BCUT2D eigenvalue weighted by atomic mass is 9.98. The van der Waals surface area contributed by atoms with Gasteiger partial charge in [-0.25, -0.2) is 4.79 Å². The van der Waals surface area contributed by atoms with Gasteiger partial charge in [-0.2, -0.15) is 0 Å². The van der Waals surface area contributed by atoms with Crippen LogP contribution in [0.5, 0.6) is 0 Å². The number of nitrogens with one attached hydrogen (secondary N) is 1. The first-order valence-electron chi connectivity index (χ1n) is 10.6. The van der Waals surface area contributed by atoms with Crippen LogP contribution in [-0.2, 0) is 9.53 Å². The van der Waals surface area contributed by atoms with Crippen LogP contribution in [0.15, 0.2) is 59.1 Å². The fourth-order valence-corrected chi connectivity index (χ4v) is 4.02. The van der Waals surface area contributed by atoms with E-state index in [1.54, 1.807) is 0 Å². The molecule has 0 aliphatic heterocycles. The maximum Gasteiger partial charge on any atom is 0.414 e. The number of carbonyl (C=O) groups excluding carboxylic acids is 2. The smallest absolute Gasteiger partial charge is 0.414 e. The third-order valence-corrected chi connectivity index (χ3v) is 5.41. The molecule has 3 aromatic rings. The Morgan fingerprint density at radius 1 is 1.09 bits per heavy atom. The van der Waals surface area contributed by atoms with Crippen molar-refractivity contribution in [3.8, 4) is 11.1 Å². The second-order valence-electron chi connectivity index (χ2n) is 7.65. The number of hydrogen-bond donors (Lipinski definition) is 2. The predicted molar refractivity (Wildman–Crippen MR) is 119 cm³/mol. The van der Waals surface area contributed by atoms with E-state index in [2.05, 4.69) is 10.5 Å². The van der Waals surface area contributed by atoms with Gasteiger partial charge in [-0.15, -0.1) is 0 Å². The van der Waals surface area contributed by atoms with Crippen LogP contribution in [0.2, 0.25) is 0 Å². The van der Waals surface area contributed by atoms with Gasteiger partial charge in [-0.1, -0.05) is 60.6 Å². The molecule has 33 heavy (non-hydrogen) atoms. The normalized spacial score (nSPS) is 12.0. The number of rotatable bonds is 8. The van der Waals surface area contributed by atoms with Crippen molar-refractivity contribution in [1.29, 1.82) is 0 Å². The number of aromatic nitrogens is 1. The van der Waals surface area contributed by atoms with E-state index in [4.69, 9.17) is 14.4 Å². The number of ether oxygens (including phenoxy) is 1. The molecule has 2 N–H and O–H groups in total. The molecule has 170 valence electrons. The Kier molecular flexibility index (Phi) is 6.39. The van der Waals surface area contributed by atoms with Gasteiger partial charge < -0.3 is 19.3 Å². The van der Waals surface area contributed by atoms with Crippen molar-refractivity contribution in [3.63, 3.8) is 0 Å². The number of fused-ring (bicyclic) bond motifs is 3. The molecule has 0 radical (unpaired) electrons. The predicted octanol–water partition coefficient (Wildman–Crippen LogP) is 3.97. The molecule has 0 saturated heterocycles. The highest BCUT2D eigenvalue weighted by Gasteiger charge is 2.29. The summed E-state index contributed by atoms with van der Waals surface area (Å²) < 4.78 is 10.5. The summed E-state index contributed by atoms with van der Waals surface area (Å²) in [6.45, 7) is 1.76. The minimum absolute atomic E-state index is 0.0673. The van der Waals surface area contributed by atoms with Crippen molar-refractivity contribution in [2.75, 3.05) is 25.0 Å². The lowest BCUT2D eigenvalue weighted by Gasteiger charge is -2.18. The van der Waals surface area contributed by atoms with Crippen LogP contribution in [0.4, 0.5) is 10.7 Å². The molecule has 0 saturated carbocycles. The summed E-state index contributed by atoms with van der Waals surface area (Å²) in [7, 11) is 0. The second-order valence-corrected chi connectivity index (χ2v) is 7.65. The van der Waals surface area contributed by atoms with Gasteiger partial charge in [0.1, 0.15) is 13.2 Å². The number of amides is 2. The van der Waals surface area contributed by atoms with Crippen LogP contribution in [0.25, 0.3) is 11.1 Å². The van der Waals surface area contributed by atoms with Gasteiger partial charge in [0, 0.05) is 18.5 Å². The number of carboxylic acid groups (broad SMARTS) is 1. The van der Waals surface area contributed by atoms with E-state index in [1.807, 2.05) is 55.5 Å². The Bertz CT molecular complexity index is 1140. The number of carbonyl (C=O) groups is 3. The highest BCUT2D eigenvalue weighted by atomic mass is 16.6. The van der Waals surface area contributed by atoms with E-state index in [-0.39, 0.29) is 30.6 Å². The van der Waals surface area contributed by atoms with E-state index in [0.717, 1.165) is 27.2 Å². The number of nitrogens with zero attached hydrogens (tertiary/aromatic N) is 2. The molecule has 0 unspecified atom stereocenters. The van der Waals surface area contributed by atoms with Crippen molar-refractivity contribution in [2.45, 2.75) is 19.3 Å². The molecule has 9 heteroatoms. The lowest BCUT2D eigenvalue weighted by Crippen LogP contribution is -2.36. The molecule has 1 heterocycles. The number of benzene rings is 2. The molecule has 2 aromatic carbocycles. The van der Waals surface area contributed by atoms with Crippen molar-refractivity contribution < 1.29 is 28.8 Å². The van der Waals surface area contributed by atoms with Gasteiger partial charge in [0.25, 0.3) is 5.91 Å². The lowest BCUT2D eigenvalue weighted by molar-refractivity contribution is -0.137. The van der Waals surface area contributed by atoms with Crippen molar-refractivity contribution in [2.24, 2.45) is 0 Å². The number of anilines is 1. The first kappa shape index (κ1) is 22.1. The zero-order valence-corrected chi connectivity index (χ0v) is 18.0. The van der Waals surface area contributed by atoms with E-state index in [0.29, 0.717) is 6.42 Å². The maximum atomic E-state index is 12.5. The van der Waals surface area contributed by atoms with Gasteiger partial charge in [0.05, 0.1) is 0 Å². The minimum atomic E-state index is -1.13. The molecule has 1 aromatic heterocycles. The third-order valence-electron chi connectivity index (χ3n) is 5.41. The summed E-state index contributed by atoms with van der Waals surface area (Å²) in [5.41, 5.74) is 4.33. The van der Waals surface area contributed by atoms with Crippen molar-refractivity contribution in [3.05, 3.63) is 71.4 Å². The average Bonchev–Trinajstić information content (AvgIpc) is 3.39. The summed E-state index contributed by atoms with van der Waals surface area (Å²) in [6.07, 6.45) is -0.162. The monoisotopic (exact) mass is 449 g/mol. The molecular formula is C24H23N3O6. The fraction of sp³-hybridized carbons (Fsp3) is 0.250. The number of aliphatic carboxylic acids is 1. The Balaban J connectivity index is 1.39. The van der Waals surface area contributed by atoms with Crippen LogP contribution in [0.3, 0.4) is 0 Å². The molecular weight excluding hydrogens is 426 g/mol. The van der Waals surface area contributed by atoms with Crippen LogP contribution in [0, 0.1) is 0 Å². The zero-order valence-electron chi connectivity index (χ0n) is 18.0. The van der Waals surface area contributed by atoms with Gasteiger partial charge in [-0.05, 0) is 28.7 Å². The molecule has 2 amide bonds. The van der Waals surface area contributed by atoms with E-state index in [1.165, 1.54) is 6.07 Å². The van der Waals surface area contributed by atoms with Crippen molar-refractivity contribution in [1.82, 2.24) is 10.1 Å². The Hall–Kier alpha value is -4.14. The van der Waals surface area contributed by atoms with Gasteiger partial charge >= 0.3 is 12.1 Å². The van der Waals surface area contributed by atoms with E-state index < -0.39 is 24.5 Å². The maximum absolute atomic E-state index is 12.5. The summed E-state index contributed by atoms with van der Waals surface area (Å²) >= 11 is 0. The summed E-state index contributed by atoms with van der Waals surface area (Å²) in [6, 6.07) is 17.3. The van der Waals surface area contributed by atoms with Gasteiger partial charge in [-0.3, -0.25) is 14.9 Å². The summed E-state index contributed by atoms with van der Waals surface area (Å²) in [5.74, 6) is -1.88. The first-order chi connectivity index (χ1) is 16.0. The molecule has 4 rings (SSSR count). The van der Waals surface area contributed by atoms with E-state index in [9.17, 15) is 14.4 Å². The van der Waals surface area contributed by atoms with Crippen LogP contribution in [-0.4, -0.2) is 52.8 Å².